The van der Waals surface area contributed by atoms with Crippen molar-refractivity contribution in [2.24, 2.45) is 0 Å². The average molecular weight is 759 g/mol. The number of benzene rings is 8. The summed E-state index contributed by atoms with van der Waals surface area (Å²) in [6.07, 6.45) is 0. The second kappa shape index (κ2) is 13.6. The SMILES string of the molecule is CC1(C)c2ccccc2-c2ccc(-c3cc(-c4cc(-c5ccccc5)cc(-c5ccc6c(c5)sc5ccccc56)c4)nc(-c4cccc(-c5ccccc5)c4)n3)cc21. The first-order valence-electron chi connectivity index (χ1n) is 19.9. The van der Waals surface area contributed by atoms with E-state index < -0.39 is 0 Å². The molecule has 8 aromatic carbocycles. The molecule has 2 heterocycles. The minimum atomic E-state index is -0.126. The molecular weight excluding hydrogens is 721 g/mol. The van der Waals surface area contributed by atoms with Gasteiger partial charge in [-0.2, -0.15) is 0 Å². The summed E-state index contributed by atoms with van der Waals surface area (Å²) in [4.78, 5) is 10.8. The summed E-state index contributed by atoms with van der Waals surface area (Å²) in [7, 11) is 0. The number of hydrogen-bond acceptors (Lipinski definition) is 3. The molecule has 0 spiro atoms. The number of fused-ring (bicyclic) bond motifs is 6. The zero-order chi connectivity index (χ0) is 38.8. The first-order valence-corrected chi connectivity index (χ1v) is 20.7. The van der Waals surface area contributed by atoms with Crippen LogP contribution in [0.4, 0.5) is 0 Å². The van der Waals surface area contributed by atoms with Gasteiger partial charge in [0.2, 0.25) is 0 Å². The Morgan fingerprint density at radius 3 is 1.71 bits per heavy atom. The number of nitrogens with zero attached hydrogens (tertiary/aromatic N) is 2. The fourth-order valence-electron chi connectivity index (χ4n) is 8.85. The maximum atomic E-state index is 5.41. The lowest BCUT2D eigenvalue weighted by Gasteiger charge is -2.22. The predicted octanol–water partition coefficient (Wildman–Crippen LogP) is 15.2. The van der Waals surface area contributed by atoms with E-state index in [1.54, 1.807) is 0 Å². The van der Waals surface area contributed by atoms with Crippen molar-refractivity contribution in [3.05, 3.63) is 205 Å². The third-order valence-corrected chi connectivity index (χ3v) is 13.0. The first kappa shape index (κ1) is 34.3. The third kappa shape index (κ3) is 5.86. The molecule has 0 fully saturated rings. The standard InChI is InChI=1S/C55H38N2S/c1-55(2)48-22-11-9-20-44(48)45-26-25-39(32-49(45)55)50-34-51(57-54(56-50)40-19-13-18-37(28-40)35-14-5-3-6-15-35)43-30-41(36-16-7-4-8-17-36)29-42(31-43)38-24-27-47-46-21-10-12-23-52(46)58-53(47)33-38/h3-34H,1-2H3. The largest absolute Gasteiger partial charge is 0.228 e. The summed E-state index contributed by atoms with van der Waals surface area (Å²) in [5, 5.41) is 2.61. The second-order valence-electron chi connectivity index (χ2n) is 15.8. The zero-order valence-electron chi connectivity index (χ0n) is 32.3. The van der Waals surface area contributed by atoms with Gasteiger partial charge in [0, 0.05) is 42.3 Å². The molecule has 11 rings (SSSR count). The van der Waals surface area contributed by atoms with E-state index in [1.165, 1.54) is 53.6 Å². The molecule has 2 aromatic heterocycles. The predicted molar refractivity (Wildman–Crippen MR) is 245 cm³/mol. The van der Waals surface area contributed by atoms with Crippen LogP contribution in [0.2, 0.25) is 0 Å². The van der Waals surface area contributed by atoms with Gasteiger partial charge in [0.1, 0.15) is 0 Å². The Morgan fingerprint density at radius 2 is 0.897 bits per heavy atom. The van der Waals surface area contributed by atoms with Crippen molar-refractivity contribution in [2.45, 2.75) is 19.3 Å². The highest BCUT2D eigenvalue weighted by Crippen LogP contribution is 2.49. The highest BCUT2D eigenvalue weighted by molar-refractivity contribution is 7.25. The van der Waals surface area contributed by atoms with Crippen LogP contribution in [0, 0.1) is 0 Å². The van der Waals surface area contributed by atoms with Crippen molar-refractivity contribution in [3.63, 3.8) is 0 Å². The normalized spacial score (nSPS) is 12.8. The first-order chi connectivity index (χ1) is 28.5. The van der Waals surface area contributed by atoms with E-state index in [9.17, 15) is 0 Å². The van der Waals surface area contributed by atoms with Gasteiger partial charge in [0.25, 0.3) is 0 Å². The van der Waals surface area contributed by atoms with E-state index >= 15 is 0 Å². The van der Waals surface area contributed by atoms with Gasteiger partial charge in [0.15, 0.2) is 5.82 Å². The highest BCUT2D eigenvalue weighted by Gasteiger charge is 2.35. The zero-order valence-corrected chi connectivity index (χ0v) is 33.1. The van der Waals surface area contributed by atoms with Crippen LogP contribution in [0.3, 0.4) is 0 Å². The molecule has 0 saturated heterocycles. The summed E-state index contributed by atoms with van der Waals surface area (Å²) < 4.78 is 2.60. The summed E-state index contributed by atoms with van der Waals surface area (Å²) in [5.41, 5.74) is 17.0. The molecule has 3 heteroatoms. The van der Waals surface area contributed by atoms with Gasteiger partial charge in [-0.1, -0.05) is 159 Å². The molecule has 0 amide bonds. The smallest absolute Gasteiger partial charge is 0.160 e. The van der Waals surface area contributed by atoms with Gasteiger partial charge in [-0.3, -0.25) is 0 Å². The molecule has 0 saturated carbocycles. The molecule has 1 aliphatic carbocycles. The molecule has 1 aliphatic rings. The number of hydrogen-bond donors (Lipinski definition) is 0. The topological polar surface area (TPSA) is 25.8 Å². The Labute approximate surface area is 342 Å². The van der Waals surface area contributed by atoms with E-state index in [2.05, 4.69) is 208 Å². The van der Waals surface area contributed by atoms with Crippen LogP contribution in [-0.2, 0) is 5.41 Å². The van der Waals surface area contributed by atoms with Crippen LogP contribution in [0.5, 0.6) is 0 Å². The number of rotatable bonds is 6. The number of aromatic nitrogens is 2. The molecule has 2 nitrogen and oxygen atoms in total. The fourth-order valence-corrected chi connectivity index (χ4v) is 9.99. The number of thiophene rings is 1. The lowest BCUT2D eigenvalue weighted by molar-refractivity contribution is 0.660. The molecule has 0 N–H and O–H groups in total. The lowest BCUT2D eigenvalue weighted by atomic mass is 9.82. The van der Waals surface area contributed by atoms with Crippen molar-refractivity contribution >= 4 is 31.5 Å². The molecule has 58 heavy (non-hydrogen) atoms. The molecule has 0 atom stereocenters. The highest BCUT2D eigenvalue weighted by atomic mass is 32.1. The maximum absolute atomic E-state index is 5.41. The van der Waals surface area contributed by atoms with Crippen molar-refractivity contribution in [2.75, 3.05) is 0 Å². The van der Waals surface area contributed by atoms with Crippen molar-refractivity contribution in [3.8, 4) is 78.4 Å². The molecule has 10 aromatic rings. The third-order valence-electron chi connectivity index (χ3n) is 11.9. The Bertz CT molecular complexity index is 3190. The van der Waals surface area contributed by atoms with Crippen molar-refractivity contribution < 1.29 is 0 Å². The van der Waals surface area contributed by atoms with Crippen LogP contribution in [0.25, 0.3) is 98.6 Å². The molecule has 0 radical (unpaired) electrons. The van der Waals surface area contributed by atoms with E-state index in [-0.39, 0.29) is 5.41 Å². The molecule has 274 valence electrons. The molecule has 0 unspecified atom stereocenters. The summed E-state index contributed by atoms with van der Waals surface area (Å²) >= 11 is 1.85. The van der Waals surface area contributed by atoms with Gasteiger partial charge >= 0.3 is 0 Å². The summed E-state index contributed by atoms with van der Waals surface area (Å²) in [6.45, 7) is 4.67. The minimum Gasteiger partial charge on any atom is -0.228 e. The van der Waals surface area contributed by atoms with Gasteiger partial charge in [-0.15, -0.1) is 11.3 Å². The van der Waals surface area contributed by atoms with Gasteiger partial charge in [-0.05, 0) is 104 Å². The summed E-state index contributed by atoms with van der Waals surface area (Å²) in [6, 6.07) is 70.2. The van der Waals surface area contributed by atoms with E-state index in [0.717, 1.165) is 50.3 Å². The second-order valence-corrected chi connectivity index (χ2v) is 16.9. The Kier molecular flexibility index (Phi) is 8.06. The average Bonchev–Trinajstić information content (AvgIpc) is 3.77. The van der Waals surface area contributed by atoms with E-state index in [4.69, 9.17) is 9.97 Å². The maximum Gasteiger partial charge on any atom is 0.160 e. The Balaban J connectivity index is 1.11. The van der Waals surface area contributed by atoms with Crippen LogP contribution in [0.15, 0.2) is 194 Å². The monoisotopic (exact) mass is 758 g/mol. The van der Waals surface area contributed by atoms with Crippen LogP contribution >= 0.6 is 11.3 Å². The van der Waals surface area contributed by atoms with Crippen molar-refractivity contribution in [1.82, 2.24) is 9.97 Å². The molecular formula is C55H38N2S. The van der Waals surface area contributed by atoms with Gasteiger partial charge in [-0.25, -0.2) is 9.97 Å². The van der Waals surface area contributed by atoms with Gasteiger partial charge in [0.05, 0.1) is 11.4 Å². The van der Waals surface area contributed by atoms with E-state index in [1.807, 2.05) is 11.3 Å². The molecule has 0 aliphatic heterocycles. The summed E-state index contributed by atoms with van der Waals surface area (Å²) in [5.74, 6) is 0.701. The minimum absolute atomic E-state index is 0.126. The van der Waals surface area contributed by atoms with Crippen LogP contribution in [-0.4, -0.2) is 9.97 Å². The lowest BCUT2D eigenvalue weighted by Crippen LogP contribution is -2.14. The Morgan fingerprint density at radius 1 is 0.345 bits per heavy atom. The fraction of sp³-hybridized carbons (Fsp3) is 0.0545. The van der Waals surface area contributed by atoms with Gasteiger partial charge < -0.3 is 0 Å². The van der Waals surface area contributed by atoms with E-state index in [0.29, 0.717) is 5.82 Å². The quantitative estimate of drug-likeness (QED) is 0.169. The Hall–Kier alpha value is -6.94. The van der Waals surface area contributed by atoms with Crippen molar-refractivity contribution in [1.29, 1.82) is 0 Å². The molecule has 0 bridgehead atoms. The van der Waals surface area contributed by atoms with Crippen LogP contribution in [0.1, 0.15) is 25.0 Å². The van der Waals surface area contributed by atoms with Crippen LogP contribution < -0.4 is 0 Å².